The molecule has 0 unspecified atom stereocenters. The summed E-state index contributed by atoms with van der Waals surface area (Å²) in [5.41, 5.74) is 1.25. The highest BCUT2D eigenvalue weighted by Gasteiger charge is 2.15. The number of aromatic nitrogens is 3. The van der Waals surface area contributed by atoms with Crippen molar-refractivity contribution < 1.29 is 0 Å². The van der Waals surface area contributed by atoms with Crippen LogP contribution in [0.5, 0.6) is 0 Å². The van der Waals surface area contributed by atoms with Gasteiger partial charge in [-0.3, -0.25) is 0 Å². The van der Waals surface area contributed by atoms with Gasteiger partial charge in [0, 0.05) is 17.3 Å². The minimum Gasteiger partial charge on any atom is -0.300 e. The van der Waals surface area contributed by atoms with Gasteiger partial charge in [-0.25, -0.2) is 15.0 Å². The fraction of sp³-hybridized carbons (Fsp3) is 0.364. The van der Waals surface area contributed by atoms with Crippen LogP contribution in [0.4, 0.5) is 11.1 Å². The Morgan fingerprint density at radius 3 is 2.71 bits per heavy atom. The van der Waals surface area contributed by atoms with Crippen LogP contribution in [0.1, 0.15) is 23.4 Å². The Labute approximate surface area is 112 Å². The molecule has 2 aromatic rings. The van der Waals surface area contributed by atoms with Gasteiger partial charge in [0.25, 0.3) is 0 Å². The van der Waals surface area contributed by atoms with Gasteiger partial charge >= 0.3 is 0 Å². The number of nitrogens with one attached hydrogen (secondary N) is 1. The zero-order chi connectivity index (χ0) is 11.7. The molecular weight excluding hydrogens is 300 g/mol. The minimum absolute atomic E-state index is 0.597. The van der Waals surface area contributed by atoms with Gasteiger partial charge < -0.3 is 5.32 Å². The summed E-state index contributed by atoms with van der Waals surface area (Å²) in [4.78, 5) is 14.4. The average Bonchev–Trinajstić information content (AvgIpc) is 2.74. The smallest absolute Gasteiger partial charge is 0.228 e. The summed E-state index contributed by atoms with van der Waals surface area (Å²) in [7, 11) is 0. The number of hydrogen-bond donors (Lipinski definition) is 1. The van der Waals surface area contributed by atoms with E-state index in [9.17, 15) is 0 Å². The van der Waals surface area contributed by atoms with Gasteiger partial charge in [-0.15, -0.1) is 11.3 Å². The number of halogens is 1. The first-order valence-electron chi connectivity index (χ1n) is 5.54. The topological polar surface area (TPSA) is 50.7 Å². The summed E-state index contributed by atoms with van der Waals surface area (Å²) < 4.78 is 0.876. The molecule has 1 N–H and O–H groups in total. The third-order valence-electron chi connectivity index (χ3n) is 2.68. The summed E-state index contributed by atoms with van der Waals surface area (Å²) in [5.74, 6) is 0.597. The zero-order valence-electron chi connectivity index (χ0n) is 9.11. The monoisotopic (exact) mass is 310 g/mol. The molecule has 0 amide bonds. The van der Waals surface area contributed by atoms with Crippen molar-refractivity contribution in [2.24, 2.45) is 0 Å². The molecule has 4 nitrogen and oxygen atoms in total. The van der Waals surface area contributed by atoms with Crippen molar-refractivity contribution >= 4 is 38.3 Å². The molecular formula is C11H11BrN4S. The molecule has 0 aliphatic heterocycles. The quantitative estimate of drug-likeness (QED) is 0.924. The highest BCUT2D eigenvalue weighted by molar-refractivity contribution is 9.10. The molecule has 0 bridgehead atoms. The molecule has 0 radical (unpaired) electrons. The third-order valence-corrected chi connectivity index (χ3v) is 4.17. The predicted octanol–water partition coefficient (Wildman–Crippen LogP) is 3.32. The fourth-order valence-electron chi connectivity index (χ4n) is 1.88. The van der Waals surface area contributed by atoms with E-state index in [1.807, 2.05) is 0 Å². The van der Waals surface area contributed by atoms with E-state index in [1.165, 1.54) is 23.4 Å². The number of fused-ring (bicyclic) bond motifs is 1. The maximum Gasteiger partial charge on any atom is 0.228 e. The summed E-state index contributed by atoms with van der Waals surface area (Å²) in [5, 5.41) is 4.05. The van der Waals surface area contributed by atoms with Gasteiger partial charge in [-0.05, 0) is 41.6 Å². The van der Waals surface area contributed by atoms with Gasteiger partial charge in [0.05, 0.1) is 10.2 Å². The first-order valence-corrected chi connectivity index (χ1v) is 7.15. The van der Waals surface area contributed by atoms with Crippen molar-refractivity contribution in [2.45, 2.75) is 25.7 Å². The largest absolute Gasteiger partial charge is 0.300 e. The molecule has 6 heteroatoms. The van der Waals surface area contributed by atoms with E-state index in [4.69, 9.17) is 0 Å². The van der Waals surface area contributed by atoms with E-state index in [-0.39, 0.29) is 0 Å². The van der Waals surface area contributed by atoms with Crippen LogP contribution in [0, 0.1) is 0 Å². The molecule has 0 saturated carbocycles. The normalized spacial score (nSPS) is 14.4. The Hall–Kier alpha value is -1.01. The summed E-state index contributed by atoms with van der Waals surface area (Å²) in [6.45, 7) is 0. The summed E-state index contributed by atoms with van der Waals surface area (Å²) in [6.07, 6.45) is 8.25. The van der Waals surface area contributed by atoms with Crippen LogP contribution in [0.3, 0.4) is 0 Å². The van der Waals surface area contributed by atoms with E-state index < -0.39 is 0 Å². The first-order chi connectivity index (χ1) is 8.31. The van der Waals surface area contributed by atoms with Crippen molar-refractivity contribution in [3.8, 4) is 0 Å². The van der Waals surface area contributed by atoms with Gasteiger partial charge in [0.1, 0.15) is 0 Å². The Bertz CT molecular complexity index is 499. The van der Waals surface area contributed by atoms with Crippen LogP contribution in [-0.4, -0.2) is 15.0 Å². The lowest BCUT2D eigenvalue weighted by atomic mass is 10.0. The molecule has 0 aromatic carbocycles. The van der Waals surface area contributed by atoms with Crippen molar-refractivity contribution in [2.75, 3.05) is 5.32 Å². The number of aryl methyl sites for hydroxylation is 2. The standard InChI is InChI=1S/C11H11BrN4S/c12-7-5-13-10(14-6-7)16-11-15-8-3-1-2-4-9(8)17-11/h5-6H,1-4H2,(H,13,14,15,16). The van der Waals surface area contributed by atoms with Crippen molar-refractivity contribution in [1.82, 2.24) is 15.0 Å². The molecule has 2 heterocycles. The predicted molar refractivity (Wildman–Crippen MR) is 71.8 cm³/mol. The van der Waals surface area contributed by atoms with Crippen LogP contribution in [0.2, 0.25) is 0 Å². The molecule has 0 fully saturated rings. The number of nitrogens with zero attached hydrogens (tertiary/aromatic N) is 3. The van der Waals surface area contributed by atoms with Gasteiger partial charge in [-0.1, -0.05) is 0 Å². The number of rotatable bonds is 2. The van der Waals surface area contributed by atoms with E-state index in [0.717, 1.165) is 22.4 Å². The molecule has 3 rings (SSSR count). The summed E-state index contributed by atoms with van der Waals surface area (Å²) in [6, 6.07) is 0. The molecule has 88 valence electrons. The van der Waals surface area contributed by atoms with E-state index in [1.54, 1.807) is 23.7 Å². The molecule has 0 spiro atoms. The second-order valence-corrected chi connectivity index (χ2v) is 5.95. The molecule has 0 atom stereocenters. The maximum atomic E-state index is 4.58. The fourth-order valence-corrected chi connectivity index (χ4v) is 3.13. The summed E-state index contributed by atoms with van der Waals surface area (Å²) >= 11 is 5.03. The highest BCUT2D eigenvalue weighted by Crippen LogP contribution is 2.30. The van der Waals surface area contributed by atoms with Crippen molar-refractivity contribution in [3.05, 3.63) is 27.4 Å². The lowest BCUT2D eigenvalue weighted by molar-refractivity contribution is 0.683. The van der Waals surface area contributed by atoms with Crippen LogP contribution < -0.4 is 5.32 Å². The SMILES string of the molecule is Brc1cnc(Nc2nc3c(s2)CCCC3)nc1. The van der Waals surface area contributed by atoms with Crippen LogP contribution in [0.25, 0.3) is 0 Å². The second kappa shape index (κ2) is 4.70. The van der Waals surface area contributed by atoms with E-state index in [2.05, 4.69) is 36.2 Å². The molecule has 2 aromatic heterocycles. The lowest BCUT2D eigenvalue weighted by Gasteiger charge is -2.06. The van der Waals surface area contributed by atoms with Crippen molar-refractivity contribution in [3.63, 3.8) is 0 Å². The molecule has 0 saturated heterocycles. The maximum absolute atomic E-state index is 4.58. The number of anilines is 2. The molecule has 1 aliphatic rings. The highest BCUT2D eigenvalue weighted by atomic mass is 79.9. The lowest BCUT2D eigenvalue weighted by Crippen LogP contribution is -1.99. The Balaban J connectivity index is 1.80. The van der Waals surface area contributed by atoms with Crippen LogP contribution in [0.15, 0.2) is 16.9 Å². The van der Waals surface area contributed by atoms with Gasteiger partial charge in [-0.2, -0.15) is 0 Å². The Kier molecular flexibility index (Phi) is 3.07. The van der Waals surface area contributed by atoms with E-state index >= 15 is 0 Å². The van der Waals surface area contributed by atoms with Gasteiger partial charge in [0.2, 0.25) is 5.95 Å². The molecule has 17 heavy (non-hydrogen) atoms. The average molecular weight is 311 g/mol. The third kappa shape index (κ3) is 2.47. The Morgan fingerprint density at radius 2 is 1.94 bits per heavy atom. The Morgan fingerprint density at radius 1 is 1.18 bits per heavy atom. The first kappa shape index (κ1) is 11.1. The second-order valence-electron chi connectivity index (χ2n) is 3.95. The number of thiazole rings is 1. The zero-order valence-corrected chi connectivity index (χ0v) is 11.5. The van der Waals surface area contributed by atoms with Crippen LogP contribution >= 0.6 is 27.3 Å². The number of hydrogen-bond acceptors (Lipinski definition) is 5. The minimum atomic E-state index is 0.597. The van der Waals surface area contributed by atoms with Crippen molar-refractivity contribution in [1.29, 1.82) is 0 Å². The van der Waals surface area contributed by atoms with Crippen LogP contribution in [-0.2, 0) is 12.8 Å². The molecule has 1 aliphatic carbocycles. The van der Waals surface area contributed by atoms with E-state index in [0.29, 0.717) is 5.95 Å². The van der Waals surface area contributed by atoms with Gasteiger partial charge in [0.15, 0.2) is 5.13 Å².